The topological polar surface area (TPSA) is 124 Å². The second-order valence-corrected chi connectivity index (χ2v) is 11.3. The van der Waals surface area contributed by atoms with Gasteiger partial charge in [0.15, 0.2) is 19.7 Å². The van der Waals surface area contributed by atoms with E-state index in [1.807, 2.05) is 0 Å². The van der Waals surface area contributed by atoms with Gasteiger partial charge in [0, 0.05) is 11.3 Å². The number of rotatable bonds is 6. The predicted octanol–water partition coefficient (Wildman–Crippen LogP) is 2.08. The van der Waals surface area contributed by atoms with Crippen LogP contribution in [0.15, 0.2) is 53.4 Å². The molecule has 1 N–H and O–H groups in total. The van der Waals surface area contributed by atoms with Gasteiger partial charge in [-0.05, 0) is 55.8 Å². The first kappa shape index (κ1) is 22.0. The molecule has 2 aromatic rings. The number of ether oxygens (including phenoxy) is 1. The van der Waals surface area contributed by atoms with Crippen LogP contribution in [0.2, 0.25) is 0 Å². The molecule has 0 radical (unpaired) electrons. The quantitative estimate of drug-likeness (QED) is 0.667. The third-order valence-electron chi connectivity index (χ3n) is 4.71. The maximum Gasteiger partial charge on any atom is 0.338 e. The van der Waals surface area contributed by atoms with E-state index in [1.165, 1.54) is 48.5 Å². The molecule has 1 heterocycles. The molecule has 1 unspecified atom stereocenters. The third-order valence-corrected chi connectivity index (χ3v) is 8.88. The average Bonchev–Trinajstić information content (AvgIpc) is 3.09. The summed E-state index contributed by atoms with van der Waals surface area (Å²) in [7, 11) is -7.23. The first-order chi connectivity index (χ1) is 14.1. The van der Waals surface area contributed by atoms with Crippen LogP contribution in [-0.4, -0.2) is 52.1 Å². The Kier molecular flexibility index (Phi) is 6.27. The van der Waals surface area contributed by atoms with E-state index in [2.05, 4.69) is 5.32 Å². The number of sulfone groups is 2. The SMILES string of the molecule is CCOC(=O)c1ccc(NC(=O)c2cccc(S(=O)(=O)C3CCS(=O)(=O)C3)c2)cc1. The fourth-order valence-electron chi connectivity index (χ4n) is 3.12. The van der Waals surface area contributed by atoms with Gasteiger partial charge in [-0.15, -0.1) is 0 Å². The maximum atomic E-state index is 12.8. The van der Waals surface area contributed by atoms with E-state index in [0.29, 0.717) is 11.3 Å². The minimum atomic E-state index is -3.87. The summed E-state index contributed by atoms with van der Waals surface area (Å²) in [4.78, 5) is 24.1. The van der Waals surface area contributed by atoms with E-state index in [0.717, 1.165) is 0 Å². The molecule has 1 atom stereocenters. The molecule has 2 aromatic carbocycles. The van der Waals surface area contributed by atoms with Crippen molar-refractivity contribution >= 4 is 37.2 Å². The van der Waals surface area contributed by atoms with E-state index >= 15 is 0 Å². The summed E-state index contributed by atoms with van der Waals surface area (Å²) in [6, 6.07) is 11.6. The zero-order valence-corrected chi connectivity index (χ0v) is 17.8. The van der Waals surface area contributed by atoms with E-state index in [-0.39, 0.29) is 29.2 Å². The van der Waals surface area contributed by atoms with Crippen LogP contribution in [0.1, 0.15) is 34.1 Å². The number of esters is 1. The summed E-state index contributed by atoms with van der Waals surface area (Å²) in [6.45, 7) is 1.95. The monoisotopic (exact) mass is 451 g/mol. The number of amides is 1. The zero-order chi connectivity index (χ0) is 21.9. The summed E-state index contributed by atoms with van der Waals surface area (Å²) in [5.41, 5.74) is 0.879. The van der Waals surface area contributed by atoms with Gasteiger partial charge in [0.05, 0.1) is 33.8 Å². The summed E-state index contributed by atoms with van der Waals surface area (Å²) in [5, 5.41) is 1.63. The van der Waals surface area contributed by atoms with Crippen molar-refractivity contribution in [2.45, 2.75) is 23.5 Å². The number of nitrogens with one attached hydrogen (secondary N) is 1. The van der Waals surface area contributed by atoms with E-state index in [9.17, 15) is 26.4 Å². The van der Waals surface area contributed by atoms with Gasteiger partial charge in [0.25, 0.3) is 5.91 Å². The number of anilines is 1. The summed E-state index contributed by atoms with van der Waals surface area (Å²) >= 11 is 0. The molecule has 1 aliphatic rings. The molecule has 1 saturated heterocycles. The lowest BCUT2D eigenvalue weighted by molar-refractivity contribution is 0.0526. The molecule has 30 heavy (non-hydrogen) atoms. The number of hydrogen-bond donors (Lipinski definition) is 1. The number of carbonyl (C=O) groups excluding carboxylic acids is 2. The van der Waals surface area contributed by atoms with Crippen LogP contribution in [0.5, 0.6) is 0 Å². The highest BCUT2D eigenvalue weighted by Gasteiger charge is 2.38. The normalized spacial score (nSPS) is 18.0. The largest absolute Gasteiger partial charge is 0.462 e. The molecule has 0 saturated carbocycles. The molecular weight excluding hydrogens is 430 g/mol. The van der Waals surface area contributed by atoms with Crippen LogP contribution in [0.25, 0.3) is 0 Å². The summed E-state index contributed by atoms with van der Waals surface area (Å²) in [6.07, 6.45) is 0.0495. The standard InChI is InChI=1S/C20H21NO7S2/c1-2-28-20(23)14-6-8-16(9-7-14)21-19(22)15-4-3-5-17(12-15)30(26,27)18-10-11-29(24,25)13-18/h3-9,12,18H,2,10-11,13H2,1H3,(H,21,22). The van der Waals surface area contributed by atoms with Gasteiger partial charge >= 0.3 is 5.97 Å². The smallest absolute Gasteiger partial charge is 0.338 e. The fraction of sp³-hybridized carbons (Fsp3) is 0.300. The Labute approximate surface area is 175 Å². The Bertz CT molecular complexity index is 1170. The number of benzene rings is 2. The van der Waals surface area contributed by atoms with E-state index in [4.69, 9.17) is 4.74 Å². The fourth-order valence-corrected chi connectivity index (χ4v) is 7.52. The molecule has 0 spiro atoms. The van der Waals surface area contributed by atoms with Crippen LogP contribution in [0.3, 0.4) is 0 Å². The second-order valence-electron chi connectivity index (χ2n) is 6.85. The van der Waals surface area contributed by atoms with Crippen molar-refractivity contribution in [2.75, 3.05) is 23.4 Å². The van der Waals surface area contributed by atoms with Crippen molar-refractivity contribution < 1.29 is 31.2 Å². The lowest BCUT2D eigenvalue weighted by atomic mass is 10.2. The molecule has 0 aromatic heterocycles. The molecule has 1 aliphatic heterocycles. The number of hydrogen-bond acceptors (Lipinski definition) is 7. The molecule has 1 fully saturated rings. The molecule has 0 aliphatic carbocycles. The molecule has 1 amide bonds. The molecule has 8 nitrogen and oxygen atoms in total. The van der Waals surface area contributed by atoms with Crippen LogP contribution < -0.4 is 5.32 Å². The first-order valence-electron chi connectivity index (χ1n) is 9.25. The second kappa shape index (κ2) is 8.57. The molecular formula is C20H21NO7S2. The summed E-state index contributed by atoms with van der Waals surface area (Å²) < 4.78 is 53.7. The van der Waals surface area contributed by atoms with Gasteiger partial charge in [-0.25, -0.2) is 21.6 Å². The van der Waals surface area contributed by atoms with Crippen molar-refractivity contribution in [1.82, 2.24) is 0 Å². The van der Waals surface area contributed by atoms with Crippen molar-refractivity contribution in [1.29, 1.82) is 0 Å². The molecule has 10 heteroatoms. The predicted molar refractivity (Wildman–Crippen MR) is 111 cm³/mol. The highest BCUT2D eigenvalue weighted by molar-refractivity contribution is 7.96. The van der Waals surface area contributed by atoms with E-state index in [1.54, 1.807) is 6.92 Å². The maximum absolute atomic E-state index is 12.8. The van der Waals surface area contributed by atoms with Gasteiger partial charge in [-0.2, -0.15) is 0 Å². The average molecular weight is 452 g/mol. The van der Waals surface area contributed by atoms with Gasteiger partial charge in [-0.3, -0.25) is 4.79 Å². The lowest BCUT2D eigenvalue weighted by Gasteiger charge is -2.12. The zero-order valence-electron chi connectivity index (χ0n) is 16.2. The van der Waals surface area contributed by atoms with Crippen LogP contribution in [-0.2, 0) is 24.4 Å². The molecule has 0 bridgehead atoms. The Balaban J connectivity index is 1.76. The van der Waals surface area contributed by atoms with Gasteiger partial charge in [-0.1, -0.05) is 6.07 Å². The van der Waals surface area contributed by atoms with Crippen molar-refractivity contribution in [3.05, 3.63) is 59.7 Å². The van der Waals surface area contributed by atoms with Gasteiger partial charge in [0.1, 0.15) is 0 Å². The molecule has 3 rings (SSSR count). The van der Waals surface area contributed by atoms with Crippen LogP contribution in [0.4, 0.5) is 5.69 Å². The third kappa shape index (κ3) is 4.88. The Morgan fingerprint density at radius 3 is 2.40 bits per heavy atom. The Morgan fingerprint density at radius 2 is 1.80 bits per heavy atom. The van der Waals surface area contributed by atoms with Crippen LogP contribution >= 0.6 is 0 Å². The summed E-state index contributed by atoms with van der Waals surface area (Å²) in [5.74, 6) is -1.56. The Hall–Kier alpha value is -2.72. The minimum absolute atomic E-state index is 0.0495. The minimum Gasteiger partial charge on any atom is -0.462 e. The lowest BCUT2D eigenvalue weighted by Crippen LogP contribution is -2.23. The van der Waals surface area contributed by atoms with E-state index < -0.39 is 42.6 Å². The first-order valence-corrected chi connectivity index (χ1v) is 12.6. The highest BCUT2D eigenvalue weighted by Crippen LogP contribution is 2.26. The van der Waals surface area contributed by atoms with Crippen molar-refractivity contribution in [3.63, 3.8) is 0 Å². The van der Waals surface area contributed by atoms with Gasteiger partial charge < -0.3 is 10.1 Å². The number of carbonyl (C=O) groups is 2. The van der Waals surface area contributed by atoms with Crippen molar-refractivity contribution in [2.24, 2.45) is 0 Å². The van der Waals surface area contributed by atoms with Gasteiger partial charge in [0.2, 0.25) is 0 Å². The Morgan fingerprint density at radius 1 is 1.10 bits per heavy atom. The molecule has 160 valence electrons. The van der Waals surface area contributed by atoms with Crippen molar-refractivity contribution in [3.8, 4) is 0 Å². The van der Waals surface area contributed by atoms with Crippen LogP contribution in [0, 0.1) is 0 Å². The highest BCUT2D eigenvalue weighted by atomic mass is 32.2.